The number of likely N-dealkylation sites (tertiary alicyclic amines) is 1. The van der Waals surface area contributed by atoms with Crippen molar-refractivity contribution in [3.8, 4) is 0 Å². The van der Waals surface area contributed by atoms with Crippen molar-refractivity contribution in [1.82, 2.24) is 9.80 Å². The van der Waals surface area contributed by atoms with Crippen molar-refractivity contribution in [2.45, 2.75) is 39.2 Å². The molecule has 0 aromatic heterocycles. The van der Waals surface area contributed by atoms with E-state index in [-0.39, 0.29) is 12.6 Å². The van der Waals surface area contributed by atoms with Gasteiger partial charge < -0.3 is 20.0 Å². The highest BCUT2D eigenvalue weighted by atomic mass is 16.4. The van der Waals surface area contributed by atoms with E-state index in [0.717, 1.165) is 0 Å². The fourth-order valence-electron chi connectivity index (χ4n) is 1.98. The lowest BCUT2D eigenvalue weighted by Gasteiger charge is -2.42. The molecule has 0 aromatic rings. The molecule has 2 N–H and O–H groups in total. The van der Waals surface area contributed by atoms with E-state index in [1.165, 1.54) is 4.90 Å². The van der Waals surface area contributed by atoms with Crippen LogP contribution in [0.2, 0.25) is 0 Å². The molecule has 1 saturated heterocycles. The molecule has 1 aliphatic heterocycles. The Morgan fingerprint density at radius 1 is 1.32 bits per heavy atom. The highest BCUT2D eigenvalue weighted by Gasteiger charge is 2.39. The van der Waals surface area contributed by atoms with Crippen LogP contribution in [0.5, 0.6) is 0 Å². The second kappa shape index (κ2) is 5.36. The minimum absolute atomic E-state index is 0.115. The third kappa shape index (κ3) is 3.18. The first-order valence-corrected chi connectivity index (χ1v) is 6.51. The number of carboxylic acid groups (broad SMARTS) is 1. The van der Waals surface area contributed by atoms with E-state index >= 15 is 0 Å². The van der Waals surface area contributed by atoms with Crippen LogP contribution in [0.4, 0.5) is 4.79 Å². The summed E-state index contributed by atoms with van der Waals surface area (Å²) < 4.78 is 0. The molecule has 1 rings (SSSR count). The minimum Gasteiger partial charge on any atom is -0.481 e. The average Bonchev–Trinajstić information content (AvgIpc) is 2.37. The van der Waals surface area contributed by atoms with Crippen LogP contribution >= 0.6 is 0 Å². The Kier molecular flexibility index (Phi) is 4.45. The molecule has 0 atom stereocenters. The molecule has 0 aliphatic carbocycles. The van der Waals surface area contributed by atoms with Gasteiger partial charge >= 0.3 is 12.0 Å². The van der Waals surface area contributed by atoms with Crippen molar-refractivity contribution in [2.75, 3.05) is 26.7 Å². The molecule has 1 heterocycles. The summed E-state index contributed by atoms with van der Waals surface area (Å²) >= 11 is 0. The summed E-state index contributed by atoms with van der Waals surface area (Å²) in [7, 11) is 1.66. The van der Waals surface area contributed by atoms with Crippen molar-refractivity contribution >= 4 is 12.0 Å². The van der Waals surface area contributed by atoms with Gasteiger partial charge in [0.05, 0.1) is 17.6 Å². The summed E-state index contributed by atoms with van der Waals surface area (Å²) in [6, 6.07) is -0.161. The van der Waals surface area contributed by atoms with Crippen LogP contribution in [-0.4, -0.2) is 64.3 Å². The number of hydrogen-bond acceptors (Lipinski definition) is 3. The molecule has 0 radical (unpaired) electrons. The molecule has 1 aliphatic rings. The second-order valence-corrected chi connectivity index (χ2v) is 6.17. The van der Waals surface area contributed by atoms with Crippen LogP contribution < -0.4 is 0 Å². The third-order valence-corrected chi connectivity index (χ3v) is 4.24. The zero-order valence-electron chi connectivity index (χ0n) is 12.1. The Balaban J connectivity index is 2.66. The fourth-order valence-corrected chi connectivity index (χ4v) is 1.98. The van der Waals surface area contributed by atoms with Crippen LogP contribution in [0.3, 0.4) is 0 Å². The maximum absolute atomic E-state index is 12.3. The van der Waals surface area contributed by atoms with Gasteiger partial charge in [-0.15, -0.1) is 0 Å². The summed E-state index contributed by atoms with van der Waals surface area (Å²) in [6.45, 7) is 6.06. The maximum Gasteiger partial charge on any atom is 0.320 e. The summed E-state index contributed by atoms with van der Waals surface area (Å²) in [4.78, 5) is 26.6. The molecule has 6 heteroatoms. The van der Waals surface area contributed by atoms with Gasteiger partial charge in [0, 0.05) is 20.1 Å². The SMILES string of the molecule is CN(C(=O)N1CCC(C)(C(=O)O)CC1)C(C)(C)CO. The molecule has 0 aromatic carbocycles. The first kappa shape index (κ1) is 15.8. The van der Waals surface area contributed by atoms with E-state index in [1.54, 1.807) is 32.7 Å². The predicted molar refractivity (Wildman–Crippen MR) is 70.9 cm³/mol. The Bertz CT molecular complexity index is 360. The first-order chi connectivity index (χ1) is 8.64. The molecule has 0 spiro atoms. The zero-order chi connectivity index (χ0) is 14.8. The number of hydrogen-bond donors (Lipinski definition) is 2. The van der Waals surface area contributed by atoms with E-state index in [2.05, 4.69) is 0 Å². The molecule has 6 nitrogen and oxygen atoms in total. The normalized spacial score (nSPS) is 19.1. The van der Waals surface area contributed by atoms with Gasteiger partial charge in [0.25, 0.3) is 0 Å². The molecule has 0 unspecified atom stereocenters. The van der Waals surface area contributed by atoms with Gasteiger partial charge in [0.1, 0.15) is 0 Å². The van der Waals surface area contributed by atoms with Crippen LogP contribution in [0.25, 0.3) is 0 Å². The Labute approximate surface area is 114 Å². The summed E-state index contributed by atoms with van der Waals surface area (Å²) in [5.74, 6) is -0.802. The number of amides is 2. The average molecular weight is 272 g/mol. The van der Waals surface area contributed by atoms with Gasteiger partial charge in [-0.2, -0.15) is 0 Å². The molecule has 2 amide bonds. The molecule has 19 heavy (non-hydrogen) atoms. The lowest BCUT2D eigenvalue weighted by molar-refractivity contribution is -0.150. The number of piperidine rings is 1. The van der Waals surface area contributed by atoms with Crippen molar-refractivity contribution in [1.29, 1.82) is 0 Å². The number of carbonyl (C=O) groups excluding carboxylic acids is 1. The highest BCUT2D eigenvalue weighted by molar-refractivity contribution is 5.77. The Morgan fingerprint density at radius 2 is 1.79 bits per heavy atom. The van der Waals surface area contributed by atoms with Gasteiger partial charge in [0.15, 0.2) is 0 Å². The number of carbonyl (C=O) groups is 2. The third-order valence-electron chi connectivity index (χ3n) is 4.24. The van der Waals surface area contributed by atoms with E-state index in [0.29, 0.717) is 25.9 Å². The smallest absolute Gasteiger partial charge is 0.320 e. The van der Waals surface area contributed by atoms with Crippen LogP contribution in [0.1, 0.15) is 33.6 Å². The fraction of sp³-hybridized carbons (Fsp3) is 0.846. The molecule has 110 valence electrons. The summed E-state index contributed by atoms with van der Waals surface area (Å²) in [5.41, 5.74) is -1.35. The Hall–Kier alpha value is -1.30. The van der Waals surface area contributed by atoms with Gasteiger partial charge in [0.2, 0.25) is 0 Å². The van der Waals surface area contributed by atoms with Gasteiger partial charge in [-0.1, -0.05) is 0 Å². The highest BCUT2D eigenvalue weighted by Crippen LogP contribution is 2.31. The molecule has 0 bridgehead atoms. The minimum atomic E-state index is -0.802. The monoisotopic (exact) mass is 272 g/mol. The number of aliphatic hydroxyl groups excluding tert-OH is 1. The molecule has 0 saturated carbocycles. The standard InChI is InChI=1S/C13H24N2O4/c1-12(2,9-16)14(4)11(19)15-7-5-13(3,6-8-15)10(17)18/h16H,5-9H2,1-4H3,(H,17,18). The van der Waals surface area contributed by atoms with Crippen LogP contribution in [-0.2, 0) is 4.79 Å². The largest absolute Gasteiger partial charge is 0.481 e. The van der Waals surface area contributed by atoms with Crippen molar-refractivity contribution < 1.29 is 19.8 Å². The van der Waals surface area contributed by atoms with Gasteiger partial charge in [-0.25, -0.2) is 4.79 Å². The summed E-state index contributed by atoms with van der Waals surface area (Å²) in [6.07, 6.45) is 0.920. The number of rotatable bonds is 3. The number of urea groups is 1. The van der Waals surface area contributed by atoms with E-state index in [9.17, 15) is 14.7 Å². The predicted octanol–water partition coefficient (Wildman–Crippen LogP) is 0.996. The number of aliphatic carboxylic acids is 1. The second-order valence-electron chi connectivity index (χ2n) is 6.17. The number of carboxylic acids is 1. The molecule has 1 fully saturated rings. The molecular formula is C13H24N2O4. The topological polar surface area (TPSA) is 81.1 Å². The molecular weight excluding hydrogens is 248 g/mol. The lowest BCUT2D eigenvalue weighted by Crippen LogP contribution is -2.55. The zero-order valence-corrected chi connectivity index (χ0v) is 12.1. The quantitative estimate of drug-likeness (QED) is 0.803. The summed E-state index contributed by atoms with van der Waals surface area (Å²) in [5, 5.41) is 18.4. The number of likely N-dealkylation sites (N-methyl/N-ethyl adjacent to an activating group) is 1. The van der Waals surface area contributed by atoms with Gasteiger partial charge in [-0.3, -0.25) is 4.79 Å². The van der Waals surface area contributed by atoms with E-state index in [4.69, 9.17) is 5.11 Å². The number of aliphatic hydroxyl groups is 1. The van der Waals surface area contributed by atoms with Crippen molar-refractivity contribution in [3.05, 3.63) is 0 Å². The van der Waals surface area contributed by atoms with Crippen LogP contribution in [0, 0.1) is 5.41 Å². The first-order valence-electron chi connectivity index (χ1n) is 6.51. The lowest BCUT2D eigenvalue weighted by atomic mass is 9.80. The van der Waals surface area contributed by atoms with E-state index < -0.39 is 16.9 Å². The number of nitrogens with zero attached hydrogens (tertiary/aromatic N) is 2. The van der Waals surface area contributed by atoms with Crippen LogP contribution in [0.15, 0.2) is 0 Å². The van der Waals surface area contributed by atoms with Gasteiger partial charge in [-0.05, 0) is 33.6 Å². The van der Waals surface area contributed by atoms with Crippen molar-refractivity contribution in [3.63, 3.8) is 0 Å². The Morgan fingerprint density at radius 3 is 2.16 bits per heavy atom. The van der Waals surface area contributed by atoms with E-state index in [1.807, 2.05) is 0 Å². The maximum atomic E-state index is 12.3. The van der Waals surface area contributed by atoms with Crippen molar-refractivity contribution in [2.24, 2.45) is 5.41 Å².